The number of hydrogen-bond acceptors (Lipinski definition) is 4. The first-order valence-electron chi connectivity index (χ1n) is 9.96. The SMILES string of the molecule is COc1ccc(C(Nc2ccc(C)cc2)C(=O)NC2CCCCC2)cc1OC. The zero-order chi connectivity index (χ0) is 19.9. The predicted molar refractivity (Wildman–Crippen MR) is 112 cm³/mol. The van der Waals surface area contributed by atoms with E-state index in [0.29, 0.717) is 11.5 Å². The van der Waals surface area contributed by atoms with E-state index in [1.54, 1.807) is 14.2 Å². The molecule has 0 heterocycles. The first-order valence-corrected chi connectivity index (χ1v) is 9.96. The van der Waals surface area contributed by atoms with E-state index in [1.807, 2.05) is 49.4 Å². The molecule has 1 amide bonds. The van der Waals surface area contributed by atoms with Crippen LogP contribution in [0.5, 0.6) is 11.5 Å². The lowest BCUT2D eigenvalue weighted by molar-refractivity contribution is -0.122. The quantitative estimate of drug-likeness (QED) is 0.734. The number of rotatable bonds is 7. The minimum atomic E-state index is -0.510. The van der Waals surface area contributed by atoms with Crippen LogP contribution in [0.25, 0.3) is 0 Å². The molecular weight excluding hydrogens is 352 g/mol. The van der Waals surface area contributed by atoms with Crippen molar-refractivity contribution in [3.05, 3.63) is 53.6 Å². The predicted octanol–water partition coefficient (Wildman–Crippen LogP) is 4.61. The lowest BCUT2D eigenvalue weighted by atomic mass is 9.95. The molecule has 3 rings (SSSR count). The van der Waals surface area contributed by atoms with Crippen molar-refractivity contribution in [3.8, 4) is 11.5 Å². The lowest BCUT2D eigenvalue weighted by Gasteiger charge is -2.27. The van der Waals surface area contributed by atoms with E-state index >= 15 is 0 Å². The number of anilines is 1. The van der Waals surface area contributed by atoms with Crippen molar-refractivity contribution in [2.24, 2.45) is 0 Å². The Hall–Kier alpha value is -2.69. The molecule has 0 radical (unpaired) electrons. The molecule has 5 heteroatoms. The van der Waals surface area contributed by atoms with Crippen LogP contribution in [0.3, 0.4) is 0 Å². The van der Waals surface area contributed by atoms with E-state index in [9.17, 15) is 4.79 Å². The lowest BCUT2D eigenvalue weighted by Crippen LogP contribution is -2.41. The number of benzene rings is 2. The summed E-state index contributed by atoms with van der Waals surface area (Å²) in [5.74, 6) is 1.24. The van der Waals surface area contributed by atoms with Crippen molar-refractivity contribution in [2.45, 2.75) is 51.1 Å². The Labute approximate surface area is 167 Å². The third-order valence-corrected chi connectivity index (χ3v) is 5.32. The maximum Gasteiger partial charge on any atom is 0.247 e. The summed E-state index contributed by atoms with van der Waals surface area (Å²) in [6.07, 6.45) is 5.71. The van der Waals surface area contributed by atoms with Gasteiger partial charge in [0.2, 0.25) is 5.91 Å². The molecule has 2 aromatic carbocycles. The maximum absolute atomic E-state index is 13.2. The minimum absolute atomic E-state index is 0.0142. The van der Waals surface area contributed by atoms with Crippen molar-refractivity contribution in [3.63, 3.8) is 0 Å². The Morgan fingerprint density at radius 3 is 2.29 bits per heavy atom. The molecule has 1 atom stereocenters. The number of nitrogens with one attached hydrogen (secondary N) is 2. The second kappa shape index (κ2) is 9.49. The van der Waals surface area contributed by atoms with Crippen LogP contribution in [0.1, 0.15) is 49.3 Å². The zero-order valence-electron chi connectivity index (χ0n) is 17.0. The molecular formula is C23H30N2O3. The third kappa shape index (κ3) is 4.97. The van der Waals surface area contributed by atoms with Crippen molar-refractivity contribution < 1.29 is 14.3 Å². The number of amides is 1. The van der Waals surface area contributed by atoms with Crippen molar-refractivity contribution >= 4 is 11.6 Å². The maximum atomic E-state index is 13.2. The Kier molecular flexibility index (Phi) is 6.80. The molecule has 5 nitrogen and oxygen atoms in total. The first kappa shape index (κ1) is 20.1. The molecule has 2 aromatic rings. The standard InChI is InChI=1S/C23H30N2O3/c1-16-9-12-19(13-10-16)24-22(23(26)25-18-7-5-4-6-8-18)17-11-14-20(27-2)21(15-17)28-3/h9-15,18,22,24H,4-8H2,1-3H3,(H,25,26). The second-order valence-electron chi connectivity index (χ2n) is 7.40. The number of hydrogen-bond donors (Lipinski definition) is 2. The monoisotopic (exact) mass is 382 g/mol. The van der Waals surface area contributed by atoms with Gasteiger partial charge in [-0.2, -0.15) is 0 Å². The van der Waals surface area contributed by atoms with Gasteiger partial charge < -0.3 is 20.1 Å². The van der Waals surface area contributed by atoms with Gasteiger partial charge >= 0.3 is 0 Å². The Bertz CT molecular complexity index is 783. The molecule has 2 N–H and O–H groups in total. The van der Waals surface area contributed by atoms with Crippen LogP contribution in [-0.4, -0.2) is 26.2 Å². The Balaban J connectivity index is 1.86. The van der Waals surface area contributed by atoms with Crippen LogP contribution in [-0.2, 0) is 4.79 Å². The topological polar surface area (TPSA) is 59.6 Å². The molecule has 150 valence electrons. The highest BCUT2D eigenvalue weighted by Crippen LogP contribution is 2.32. The molecule has 1 aliphatic rings. The van der Waals surface area contributed by atoms with Gasteiger partial charge in [0.25, 0.3) is 0 Å². The molecule has 0 aliphatic heterocycles. The van der Waals surface area contributed by atoms with Gasteiger partial charge in [0.05, 0.1) is 14.2 Å². The van der Waals surface area contributed by atoms with Crippen molar-refractivity contribution in [1.29, 1.82) is 0 Å². The van der Waals surface area contributed by atoms with Gasteiger partial charge in [-0.15, -0.1) is 0 Å². The van der Waals surface area contributed by atoms with Crippen LogP contribution in [0.2, 0.25) is 0 Å². The third-order valence-electron chi connectivity index (χ3n) is 5.32. The summed E-state index contributed by atoms with van der Waals surface area (Å²) in [5.41, 5.74) is 2.93. The number of carbonyl (C=O) groups is 1. The zero-order valence-corrected chi connectivity index (χ0v) is 17.0. The normalized spacial score (nSPS) is 15.5. The Morgan fingerprint density at radius 2 is 1.64 bits per heavy atom. The van der Waals surface area contributed by atoms with Gasteiger partial charge in [-0.1, -0.05) is 43.0 Å². The van der Waals surface area contributed by atoms with Gasteiger partial charge in [0.15, 0.2) is 11.5 Å². The highest BCUT2D eigenvalue weighted by Gasteiger charge is 2.25. The summed E-state index contributed by atoms with van der Waals surface area (Å²) in [4.78, 5) is 13.2. The highest BCUT2D eigenvalue weighted by atomic mass is 16.5. The summed E-state index contributed by atoms with van der Waals surface area (Å²) in [7, 11) is 3.21. The van der Waals surface area contributed by atoms with Crippen LogP contribution >= 0.6 is 0 Å². The molecule has 0 spiro atoms. The van der Waals surface area contributed by atoms with Gasteiger partial charge in [-0.05, 0) is 49.6 Å². The number of aryl methyl sites for hydroxylation is 1. The van der Waals surface area contributed by atoms with E-state index in [-0.39, 0.29) is 11.9 Å². The minimum Gasteiger partial charge on any atom is -0.493 e. The smallest absolute Gasteiger partial charge is 0.247 e. The fourth-order valence-corrected chi connectivity index (χ4v) is 3.68. The molecule has 0 saturated heterocycles. The molecule has 1 unspecified atom stereocenters. The molecule has 1 aliphatic carbocycles. The average molecular weight is 383 g/mol. The summed E-state index contributed by atoms with van der Waals surface area (Å²) in [6.45, 7) is 2.05. The van der Waals surface area contributed by atoms with E-state index in [2.05, 4.69) is 10.6 Å². The Morgan fingerprint density at radius 1 is 0.964 bits per heavy atom. The van der Waals surface area contributed by atoms with Gasteiger partial charge in [0.1, 0.15) is 6.04 Å². The summed E-state index contributed by atoms with van der Waals surface area (Å²) >= 11 is 0. The van der Waals surface area contributed by atoms with Gasteiger partial charge in [-0.3, -0.25) is 4.79 Å². The fourth-order valence-electron chi connectivity index (χ4n) is 3.68. The van der Waals surface area contributed by atoms with E-state index in [0.717, 1.165) is 24.1 Å². The van der Waals surface area contributed by atoms with Crippen LogP contribution < -0.4 is 20.1 Å². The summed E-state index contributed by atoms with van der Waals surface area (Å²) < 4.78 is 10.8. The number of methoxy groups -OCH3 is 2. The molecule has 0 aromatic heterocycles. The van der Waals surface area contributed by atoms with Gasteiger partial charge in [-0.25, -0.2) is 0 Å². The highest BCUT2D eigenvalue weighted by molar-refractivity contribution is 5.86. The molecule has 0 bridgehead atoms. The van der Waals surface area contributed by atoms with E-state index < -0.39 is 6.04 Å². The van der Waals surface area contributed by atoms with Crippen LogP contribution in [0.15, 0.2) is 42.5 Å². The first-order chi connectivity index (χ1) is 13.6. The van der Waals surface area contributed by atoms with Crippen LogP contribution in [0.4, 0.5) is 5.69 Å². The largest absolute Gasteiger partial charge is 0.493 e. The number of carbonyl (C=O) groups excluding carboxylic acids is 1. The average Bonchev–Trinajstić information content (AvgIpc) is 2.73. The molecule has 1 saturated carbocycles. The van der Waals surface area contributed by atoms with Crippen molar-refractivity contribution in [1.82, 2.24) is 5.32 Å². The second-order valence-corrected chi connectivity index (χ2v) is 7.40. The van der Waals surface area contributed by atoms with Crippen molar-refractivity contribution in [2.75, 3.05) is 19.5 Å². The fraction of sp³-hybridized carbons (Fsp3) is 0.435. The molecule has 1 fully saturated rings. The van der Waals surface area contributed by atoms with Gasteiger partial charge in [0, 0.05) is 11.7 Å². The van der Waals surface area contributed by atoms with E-state index in [4.69, 9.17) is 9.47 Å². The number of ether oxygens (including phenoxy) is 2. The summed E-state index contributed by atoms with van der Waals surface area (Å²) in [5, 5.41) is 6.63. The van der Waals surface area contributed by atoms with E-state index in [1.165, 1.54) is 24.8 Å². The molecule has 28 heavy (non-hydrogen) atoms. The van der Waals surface area contributed by atoms with Crippen LogP contribution in [0, 0.1) is 6.92 Å². The summed E-state index contributed by atoms with van der Waals surface area (Å²) in [6, 6.07) is 13.4.